The largest absolute Gasteiger partial charge is 0.295 e. The molecule has 0 amide bonds. The van der Waals surface area contributed by atoms with Gasteiger partial charge in [0.2, 0.25) is 0 Å². The molecule has 2 nitrogen and oxygen atoms in total. The standard InChI is InChI=1S/C12H18O2S/c1-10(13)15-8-3-2-5-11-6-4-7-12(14)9-11/h9H,2-8H2,1H3. The molecule has 0 aromatic heterocycles. The van der Waals surface area contributed by atoms with Gasteiger partial charge in [-0.3, -0.25) is 9.59 Å². The summed E-state index contributed by atoms with van der Waals surface area (Å²) in [6.07, 6.45) is 7.85. The van der Waals surface area contributed by atoms with Crippen LogP contribution in [0.2, 0.25) is 0 Å². The molecule has 1 aliphatic rings. The highest BCUT2D eigenvalue weighted by molar-refractivity contribution is 8.13. The van der Waals surface area contributed by atoms with Crippen molar-refractivity contribution in [2.45, 2.75) is 45.4 Å². The lowest BCUT2D eigenvalue weighted by Gasteiger charge is -2.11. The lowest BCUT2D eigenvalue weighted by atomic mass is 9.95. The zero-order valence-corrected chi connectivity index (χ0v) is 10.1. The highest BCUT2D eigenvalue weighted by Crippen LogP contribution is 2.20. The van der Waals surface area contributed by atoms with Gasteiger partial charge in [-0.25, -0.2) is 0 Å². The molecule has 0 N–H and O–H groups in total. The second-order valence-electron chi connectivity index (χ2n) is 3.92. The summed E-state index contributed by atoms with van der Waals surface area (Å²) in [6.45, 7) is 1.60. The van der Waals surface area contributed by atoms with E-state index < -0.39 is 0 Å². The van der Waals surface area contributed by atoms with Crippen LogP contribution in [0.1, 0.15) is 45.4 Å². The maximum absolute atomic E-state index is 11.1. The number of allylic oxidation sites excluding steroid dienone is 2. The van der Waals surface area contributed by atoms with Crippen LogP contribution in [0.4, 0.5) is 0 Å². The van der Waals surface area contributed by atoms with E-state index in [-0.39, 0.29) is 10.9 Å². The Balaban J connectivity index is 2.09. The summed E-state index contributed by atoms with van der Waals surface area (Å²) in [6, 6.07) is 0. The van der Waals surface area contributed by atoms with Crippen molar-refractivity contribution in [2.75, 3.05) is 5.75 Å². The van der Waals surface area contributed by atoms with Crippen molar-refractivity contribution >= 4 is 22.7 Å². The summed E-state index contributed by atoms with van der Waals surface area (Å²) in [7, 11) is 0. The Morgan fingerprint density at radius 3 is 2.87 bits per heavy atom. The van der Waals surface area contributed by atoms with Crippen LogP contribution >= 0.6 is 11.8 Å². The number of ketones is 1. The Hall–Kier alpha value is -0.570. The van der Waals surface area contributed by atoms with Crippen molar-refractivity contribution in [3.05, 3.63) is 11.6 Å². The molecule has 0 aliphatic heterocycles. The van der Waals surface area contributed by atoms with Crippen molar-refractivity contribution in [1.29, 1.82) is 0 Å². The van der Waals surface area contributed by atoms with Gasteiger partial charge in [0, 0.05) is 19.1 Å². The summed E-state index contributed by atoms with van der Waals surface area (Å²) < 4.78 is 0. The first-order chi connectivity index (χ1) is 7.18. The van der Waals surface area contributed by atoms with Gasteiger partial charge in [0.1, 0.15) is 0 Å². The molecule has 3 heteroatoms. The molecule has 1 rings (SSSR count). The zero-order valence-electron chi connectivity index (χ0n) is 9.25. The van der Waals surface area contributed by atoms with Gasteiger partial charge in [-0.05, 0) is 38.2 Å². The van der Waals surface area contributed by atoms with Crippen LogP contribution in [-0.4, -0.2) is 16.7 Å². The third-order valence-electron chi connectivity index (χ3n) is 2.48. The minimum atomic E-state index is 0.196. The second kappa shape index (κ2) is 6.83. The van der Waals surface area contributed by atoms with E-state index in [4.69, 9.17) is 0 Å². The van der Waals surface area contributed by atoms with Gasteiger partial charge in [-0.1, -0.05) is 17.3 Å². The van der Waals surface area contributed by atoms with E-state index in [1.165, 1.54) is 17.3 Å². The molecule has 0 bridgehead atoms. The molecule has 15 heavy (non-hydrogen) atoms. The van der Waals surface area contributed by atoms with Crippen molar-refractivity contribution in [2.24, 2.45) is 0 Å². The summed E-state index contributed by atoms with van der Waals surface area (Å²) in [4.78, 5) is 21.8. The third-order valence-corrected chi connectivity index (χ3v) is 3.38. The van der Waals surface area contributed by atoms with E-state index in [2.05, 4.69) is 0 Å². The summed E-state index contributed by atoms with van der Waals surface area (Å²) in [5, 5.41) is 0.196. The highest BCUT2D eigenvalue weighted by atomic mass is 32.2. The zero-order chi connectivity index (χ0) is 11.1. The molecule has 1 aliphatic carbocycles. The lowest BCUT2D eigenvalue weighted by molar-refractivity contribution is -0.115. The Kier molecular flexibility index (Phi) is 5.69. The number of carbonyl (C=O) groups is 2. The van der Waals surface area contributed by atoms with Crippen LogP contribution < -0.4 is 0 Å². The SMILES string of the molecule is CC(=O)SCCCCC1=CC(=O)CCC1. The summed E-state index contributed by atoms with van der Waals surface area (Å²) >= 11 is 1.39. The van der Waals surface area contributed by atoms with Crippen LogP contribution in [0, 0.1) is 0 Å². The van der Waals surface area contributed by atoms with E-state index in [1.54, 1.807) is 6.92 Å². The maximum Gasteiger partial charge on any atom is 0.185 e. The Morgan fingerprint density at radius 1 is 1.40 bits per heavy atom. The maximum atomic E-state index is 11.1. The first kappa shape index (κ1) is 12.5. The van der Waals surface area contributed by atoms with Gasteiger partial charge in [-0.15, -0.1) is 0 Å². The van der Waals surface area contributed by atoms with Gasteiger partial charge in [0.15, 0.2) is 10.9 Å². The van der Waals surface area contributed by atoms with Crippen LogP contribution in [0.15, 0.2) is 11.6 Å². The lowest BCUT2D eigenvalue weighted by Crippen LogP contribution is -2.02. The molecule has 84 valence electrons. The third kappa shape index (κ3) is 5.78. The fraction of sp³-hybridized carbons (Fsp3) is 0.667. The van der Waals surface area contributed by atoms with E-state index in [9.17, 15) is 9.59 Å². The molecule has 0 aromatic rings. The first-order valence-electron chi connectivity index (χ1n) is 5.54. The molecule has 0 heterocycles. The monoisotopic (exact) mass is 226 g/mol. The van der Waals surface area contributed by atoms with E-state index in [0.29, 0.717) is 0 Å². The molecule has 0 saturated carbocycles. The topological polar surface area (TPSA) is 34.1 Å². The predicted molar refractivity (Wildman–Crippen MR) is 63.9 cm³/mol. The smallest absolute Gasteiger partial charge is 0.185 e. The van der Waals surface area contributed by atoms with Gasteiger partial charge < -0.3 is 0 Å². The molecule has 0 aromatic carbocycles. The average molecular weight is 226 g/mol. The van der Waals surface area contributed by atoms with Crippen molar-refractivity contribution in [1.82, 2.24) is 0 Å². The molecule has 0 saturated heterocycles. The number of carbonyl (C=O) groups excluding carboxylic acids is 2. The number of hydrogen-bond acceptors (Lipinski definition) is 3. The van der Waals surface area contributed by atoms with Gasteiger partial charge in [0.25, 0.3) is 0 Å². The molecule has 0 fully saturated rings. The number of unbranched alkanes of at least 4 members (excludes halogenated alkanes) is 1. The highest BCUT2D eigenvalue weighted by Gasteiger charge is 2.09. The predicted octanol–water partition coefficient (Wildman–Crippen LogP) is 3.12. The fourth-order valence-electron chi connectivity index (χ4n) is 1.73. The summed E-state index contributed by atoms with van der Waals surface area (Å²) in [5.41, 5.74) is 1.30. The number of thioether (sulfide) groups is 1. The quantitative estimate of drug-likeness (QED) is 0.675. The second-order valence-corrected chi connectivity index (χ2v) is 5.19. The Bertz CT molecular complexity index is 269. The normalized spacial score (nSPS) is 16.3. The number of hydrogen-bond donors (Lipinski definition) is 0. The molecular formula is C12H18O2S. The van der Waals surface area contributed by atoms with E-state index >= 15 is 0 Å². The average Bonchev–Trinajstić information content (AvgIpc) is 2.17. The van der Waals surface area contributed by atoms with Crippen molar-refractivity contribution in [3.8, 4) is 0 Å². The Labute approximate surface area is 95.5 Å². The molecule has 0 spiro atoms. The molecular weight excluding hydrogens is 208 g/mol. The number of rotatable bonds is 5. The minimum absolute atomic E-state index is 0.196. The van der Waals surface area contributed by atoms with Crippen molar-refractivity contribution < 1.29 is 9.59 Å². The van der Waals surface area contributed by atoms with Crippen LogP contribution in [0.3, 0.4) is 0 Å². The molecule has 0 radical (unpaired) electrons. The van der Waals surface area contributed by atoms with Crippen LogP contribution in [0.25, 0.3) is 0 Å². The minimum Gasteiger partial charge on any atom is -0.295 e. The first-order valence-corrected chi connectivity index (χ1v) is 6.52. The van der Waals surface area contributed by atoms with E-state index in [1.807, 2.05) is 6.08 Å². The van der Waals surface area contributed by atoms with Crippen LogP contribution in [-0.2, 0) is 9.59 Å². The molecule has 0 atom stereocenters. The van der Waals surface area contributed by atoms with Crippen molar-refractivity contribution in [3.63, 3.8) is 0 Å². The van der Waals surface area contributed by atoms with E-state index in [0.717, 1.165) is 44.3 Å². The Morgan fingerprint density at radius 2 is 2.20 bits per heavy atom. The molecule has 0 unspecified atom stereocenters. The summed E-state index contributed by atoms with van der Waals surface area (Å²) in [5.74, 6) is 1.20. The van der Waals surface area contributed by atoms with Gasteiger partial charge in [-0.2, -0.15) is 0 Å². The van der Waals surface area contributed by atoms with Gasteiger partial charge >= 0.3 is 0 Å². The van der Waals surface area contributed by atoms with Crippen LogP contribution in [0.5, 0.6) is 0 Å². The fourth-order valence-corrected chi connectivity index (χ4v) is 2.36. The van der Waals surface area contributed by atoms with Gasteiger partial charge in [0.05, 0.1) is 0 Å².